The number of aldehydes is 1. The van der Waals surface area contributed by atoms with E-state index >= 15 is 0 Å². The number of esters is 2. The Balaban J connectivity index is 1.99. The van der Waals surface area contributed by atoms with Gasteiger partial charge in [-0.1, -0.05) is 151 Å². The molecule has 4 unspecified atom stereocenters. The van der Waals surface area contributed by atoms with Gasteiger partial charge in [-0.3, -0.25) is 24.6 Å². The molecule has 86 heavy (non-hydrogen) atoms. The zero-order chi connectivity index (χ0) is 63.6. The lowest BCUT2D eigenvalue weighted by Crippen LogP contribution is -2.39. The fourth-order valence-electron chi connectivity index (χ4n) is 10.2. The predicted molar refractivity (Wildman–Crippen MR) is 344 cm³/mol. The van der Waals surface area contributed by atoms with Crippen LogP contribution < -0.4 is 21.5 Å². The molecule has 18 nitrogen and oxygen atoms in total. The maximum atomic E-state index is 14.4. The Kier molecular flexibility index (Phi) is 33.5. The molecule has 6 N–H and O–H groups in total. The third-order valence-corrected chi connectivity index (χ3v) is 15.9. The molecule has 0 bridgehead atoms. The van der Waals surface area contributed by atoms with Crippen molar-refractivity contribution in [3.63, 3.8) is 0 Å². The molecule has 0 aliphatic carbocycles. The van der Waals surface area contributed by atoms with Crippen LogP contribution in [0.25, 0.3) is 0 Å². The summed E-state index contributed by atoms with van der Waals surface area (Å²) in [6, 6.07) is 19.8. The van der Waals surface area contributed by atoms with Gasteiger partial charge in [0, 0.05) is 48.7 Å². The summed E-state index contributed by atoms with van der Waals surface area (Å²) in [5.41, 5.74) is 6.53. The Labute approximate surface area is 512 Å². The van der Waals surface area contributed by atoms with Crippen LogP contribution in [-0.4, -0.2) is 96.4 Å². The number of hydrogen-bond acceptors (Lipinski definition) is 15. The molecular formula is C68H100N8O10. The third kappa shape index (κ3) is 23.3. The van der Waals surface area contributed by atoms with Crippen LogP contribution >= 0.6 is 0 Å². The number of allylic oxidation sites excluding steroid dienone is 2. The van der Waals surface area contributed by atoms with Gasteiger partial charge in [-0.15, -0.1) is 5.11 Å². The van der Waals surface area contributed by atoms with E-state index in [1.807, 2.05) is 9.80 Å². The Morgan fingerprint density at radius 1 is 0.581 bits per heavy atom. The van der Waals surface area contributed by atoms with Crippen molar-refractivity contribution in [1.82, 2.24) is 15.2 Å². The Morgan fingerprint density at radius 2 is 1.02 bits per heavy atom. The third-order valence-electron chi connectivity index (χ3n) is 15.9. The van der Waals surface area contributed by atoms with Gasteiger partial charge in [-0.2, -0.15) is 5.11 Å². The van der Waals surface area contributed by atoms with Gasteiger partial charge in [0.15, 0.2) is 6.29 Å². The Hall–Kier alpha value is -7.76. The topological polar surface area (TPSA) is 241 Å². The van der Waals surface area contributed by atoms with Crippen LogP contribution in [0.4, 0.5) is 22.7 Å². The molecule has 4 atom stereocenters. The number of methoxy groups -OCH3 is 2. The molecular weight excluding hydrogens is 1090 g/mol. The van der Waals surface area contributed by atoms with Crippen LogP contribution in [0.3, 0.4) is 0 Å². The van der Waals surface area contributed by atoms with Crippen LogP contribution in [0.15, 0.2) is 129 Å². The number of hydrogen-bond donors (Lipinski definition) is 6. The number of aliphatic hydroxyl groups is 2. The van der Waals surface area contributed by atoms with Crippen LogP contribution in [0.5, 0.6) is 0 Å². The molecule has 0 aliphatic rings. The standard InChI is InChI=1S/C68H100N8O10/c1-13-21-28-49(17-5)41-75(42-50(18-6)29-22-14-2)65(81)53-32-25-36-57(38-53)71-73-60(46-78)48(10)61(68(84)86-12)63(79)69-55-34-27-35-56(40-55)70-64(80)62(47(9)59(45-77)67(83)85-11)74-72-58-37-26-33-54(39-58)66(82)76(43-51(19-7)30-23-15-3)44-52(20-8)31-24-16-4/h25-27,32-40,45-46,49-52,70,72,74,78,80H,13-24,28-31,41-44H2,1-12H3,(H,69,79)/b59-47+,60-46-,61-48+,64-62-,73-71?. The van der Waals surface area contributed by atoms with E-state index in [2.05, 4.69) is 87.1 Å². The summed E-state index contributed by atoms with van der Waals surface area (Å²) in [7, 11) is 2.22. The molecule has 0 aromatic heterocycles. The molecule has 0 aliphatic heterocycles. The van der Waals surface area contributed by atoms with E-state index < -0.39 is 34.9 Å². The maximum absolute atomic E-state index is 14.4. The molecule has 3 aromatic rings. The van der Waals surface area contributed by atoms with Gasteiger partial charge in [0.1, 0.15) is 28.8 Å². The minimum Gasteiger partial charge on any atom is -0.513 e. The van der Waals surface area contributed by atoms with Crippen molar-refractivity contribution in [3.8, 4) is 0 Å². The molecule has 3 rings (SSSR count). The summed E-state index contributed by atoms with van der Waals surface area (Å²) in [5, 5.41) is 36.3. The van der Waals surface area contributed by atoms with E-state index in [-0.39, 0.29) is 45.7 Å². The largest absolute Gasteiger partial charge is 0.513 e. The highest BCUT2D eigenvalue weighted by Gasteiger charge is 2.28. The molecule has 0 heterocycles. The normalized spacial score (nSPS) is 13.9. The van der Waals surface area contributed by atoms with Crippen LogP contribution in [0, 0.1) is 23.7 Å². The number of benzene rings is 3. The molecule has 3 aromatic carbocycles. The van der Waals surface area contributed by atoms with Crippen molar-refractivity contribution in [3.05, 3.63) is 130 Å². The van der Waals surface area contributed by atoms with E-state index in [0.717, 1.165) is 117 Å². The minimum absolute atomic E-state index is 0.0137. The van der Waals surface area contributed by atoms with E-state index in [1.165, 1.54) is 26.0 Å². The van der Waals surface area contributed by atoms with E-state index in [0.29, 0.717) is 84.9 Å². The van der Waals surface area contributed by atoms with Crippen molar-refractivity contribution in [2.75, 3.05) is 56.5 Å². The molecule has 0 saturated carbocycles. The second-order valence-corrected chi connectivity index (χ2v) is 22.2. The fourth-order valence-corrected chi connectivity index (χ4v) is 10.2. The number of carbonyl (C=O) groups is 6. The predicted octanol–water partition coefficient (Wildman–Crippen LogP) is 15.5. The first kappa shape index (κ1) is 72.5. The van der Waals surface area contributed by atoms with Crippen molar-refractivity contribution < 1.29 is 48.5 Å². The van der Waals surface area contributed by atoms with Crippen LogP contribution in [-0.2, 0) is 28.7 Å². The number of rotatable bonds is 40. The van der Waals surface area contributed by atoms with E-state index in [4.69, 9.17) is 9.47 Å². The van der Waals surface area contributed by atoms with E-state index in [9.17, 15) is 39.0 Å². The number of azo groups is 1. The monoisotopic (exact) mass is 1190 g/mol. The van der Waals surface area contributed by atoms with Crippen molar-refractivity contribution in [2.24, 2.45) is 33.9 Å². The highest BCUT2D eigenvalue weighted by Crippen LogP contribution is 2.28. The highest BCUT2D eigenvalue weighted by atomic mass is 16.5. The smallest absolute Gasteiger partial charge is 0.343 e. The average molecular weight is 1190 g/mol. The molecule has 3 amide bonds. The maximum Gasteiger partial charge on any atom is 0.343 e. The number of amides is 3. The van der Waals surface area contributed by atoms with Gasteiger partial charge >= 0.3 is 11.9 Å². The summed E-state index contributed by atoms with van der Waals surface area (Å²) in [5.74, 6) is -2.26. The number of aliphatic hydroxyl groups excluding tert-OH is 2. The molecule has 0 fully saturated rings. The van der Waals surface area contributed by atoms with Gasteiger partial charge in [-0.05, 0) is 129 Å². The number of ether oxygens (including phenoxy) is 2. The lowest BCUT2D eigenvalue weighted by molar-refractivity contribution is -0.138. The van der Waals surface area contributed by atoms with Gasteiger partial charge in [0.2, 0.25) is 5.88 Å². The molecule has 472 valence electrons. The first-order valence-electron chi connectivity index (χ1n) is 31.2. The van der Waals surface area contributed by atoms with Crippen molar-refractivity contribution in [1.29, 1.82) is 0 Å². The number of unbranched alkanes of at least 4 members (excludes halogenated alkanes) is 4. The molecule has 0 spiro atoms. The SMILES string of the molecule is CCCCC(CC)CN(CC(CC)CCCC)C(=O)c1cccc(N=NC(=C\O)/C(C)=C(\C(=O)Nc2cccc(N/C(O)=C(NNc3cccc(C(=O)N(CC(CC)CCCC)CC(CC)CCCC)c3)\C(C)=C(/C=O)C(=O)OC)c2)C(=O)OC)c1. The zero-order valence-electron chi connectivity index (χ0n) is 53.5. The van der Waals surface area contributed by atoms with Crippen molar-refractivity contribution in [2.45, 2.75) is 172 Å². The average Bonchev–Trinajstić information content (AvgIpc) is 2.97. The summed E-state index contributed by atoms with van der Waals surface area (Å²) >= 11 is 0. The Morgan fingerprint density at radius 3 is 1.47 bits per heavy atom. The van der Waals surface area contributed by atoms with Gasteiger partial charge in [0.05, 0.1) is 25.6 Å². The zero-order valence-corrected chi connectivity index (χ0v) is 53.5. The molecule has 0 radical (unpaired) electrons. The highest BCUT2D eigenvalue weighted by molar-refractivity contribution is 6.22. The summed E-state index contributed by atoms with van der Waals surface area (Å²) in [6.07, 6.45) is 17.6. The number of anilines is 3. The quantitative estimate of drug-likeness (QED) is 0.00358. The Bertz CT molecular complexity index is 2790. The summed E-state index contributed by atoms with van der Waals surface area (Å²) in [4.78, 5) is 85.4. The van der Waals surface area contributed by atoms with Gasteiger partial charge in [0.25, 0.3) is 17.7 Å². The molecule has 18 heteroatoms. The second kappa shape index (κ2) is 39.8. The summed E-state index contributed by atoms with van der Waals surface area (Å²) < 4.78 is 9.91. The van der Waals surface area contributed by atoms with Crippen LogP contribution in [0.1, 0.15) is 193 Å². The summed E-state index contributed by atoms with van der Waals surface area (Å²) in [6.45, 7) is 22.8. The first-order valence-corrected chi connectivity index (χ1v) is 31.2. The lowest BCUT2D eigenvalue weighted by atomic mass is 9.95. The molecule has 0 saturated heterocycles. The number of hydrazine groups is 1. The lowest BCUT2D eigenvalue weighted by Gasteiger charge is -2.31. The van der Waals surface area contributed by atoms with Crippen molar-refractivity contribution >= 4 is 58.7 Å². The first-order chi connectivity index (χ1) is 41.4. The van der Waals surface area contributed by atoms with Gasteiger partial charge in [-0.25, -0.2) is 9.59 Å². The fraction of sp³-hybridized carbons (Fsp3) is 0.529. The van der Waals surface area contributed by atoms with E-state index in [1.54, 1.807) is 60.7 Å². The second-order valence-electron chi connectivity index (χ2n) is 22.2. The minimum atomic E-state index is -1.04. The number of carbonyl (C=O) groups excluding carboxylic acids is 6. The number of nitrogens with zero attached hydrogens (tertiary/aromatic N) is 4. The van der Waals surface area contributed by atoms with Crippen LogP contribution in [0.2, 0.25) is 0 Å². The van der Waals surface area contributed by atoms with Gasteiger partial charge < -0.3 is 45.5 Å². The number of nitrogens with one attached hydrogen (secondary N) is 4.